The monoisotopic (exact) mass is 289 g/mol. The van der Waals surface area contributed by atoms with E-state index in [0.29, 0.717) is 0 Å². The molecule has 21 heavy (non-hydrogen) atoms. The average molecular weight is 289 g/mol. The summed E-state index contributed by atoms with van der Waals surface area (Å²) < 4.78 is 0. The Morgan fingerprint density at radius 3 is 2.38 bits per heavy atom. The quantitative estimate of drug-likeness (QED) is 0.864. The van der Waals surface area contributed by atoms with Gasteiger partial charge in [-0.2, -0.15) is 0 Å². The first-order chi connectivity index (χ1) is 9.84. The van der Waals surface area contributed by atoms with Crippen LogP contribution < -0.4 is 4.90 Å². The highest BCUT2D eigenvalue weighted by Gasteiger charge is 2.41. The zero-order valence-electron chi connectivity index (χ0n) is 14.1. The van der Waals surface area contributed by atoms with E-state index in [4.69, 9.17) is 0 Å². The van der Waals surface area contributed by atoms with Crippen LogP contribution in [0.2, 0.25) is 0 Å². The molecule has 0 bridgehead atoms. The molecule has 0 heterocycles. The number of hydrogen-bond donors (Lipinski definition) is 1. The minimum atomic E-state index is -0.155. The second kappa shape index (κ2) is 6.39. The number of hydrogen-bond acceptors (Lipinski definition) is 2. The molecule has 0 saturated heterocycles. The first-order valence-electron chi connectivity index (χ1n) is 8.32. The third-order valence-electron chi connectivity index (χ3n) is 4.61. The summed E-state index contributed by atoms with van der Waals surface area (Å²) in [5.74, 6) is 0. The molecule has 1 aromatic rings. The van der Waals surface area contributed by atoms with E-state index in [2.05, 4.69) is 62.9 Å². The molecule has 1 aromatic carbocycles. The Morgan fingerprint density at radius 2 is 1.81 bits per heavy atom. The predicted molar refractivity (Wildman–Crippen MR) is 90.7 cm³/mol. The Kier molecular flexibility index (Phi) is 4.98. The molecular weight excluding hydrogens is 258 g/mol. The van der Waals surface area contributed by atoms with Crippen molar-refractivity contribution in [2.45, 2.75) is 59.5 Å². The Balaban J connectivity index is 2.15. The topological polar surface area (TPSA) is 23.5 Å². The van der Waals surface area contributed by atoms with Crippen molar-refractivity contribution in [2.75, 3.05) is 18.0 Å². The summed E-state index contributed by atoms with van der Waals surface area (Å²) in [4.78, 5) is 2.49. The van der Waals surface area contributed by atoms with Gasteiger partial charge < -0.3 is 10.0 Å². The molecule has 0 amide bonds. The first kappa shape index (κ1) is 16.4. The second-order valence-corrected chi connectivity index (χ2v) is 7.97. The van der Waals surface area contributed by atoms with Crippen LogP contribution in [0.5, 0.6) is 0 Å². The zero-order valence-corrected chi connectivity index (χ0v) is 14.1. The van der Waals surface area contributed by atoms with Crippen LogP contribution in [0.15, 0.2) is 30.3 Å². The molecule has 0 radical (unpaired) electrons. The second-order valence-electron chi connectivity index (χ2n) is 7.97. The lowest BCUT2D eigenvalue weighted by molar-refractivity contribution is -0.00578. The highest BCUT2D eigenvalue weighted by Crippen LogP contribution is 2.46. The van der Waals surface area contributed by atoms with Crippen LogP contribution in [0.25, 0.3) is 0 Å². The highest BCUT2D eigenvalue weighted by molar-refractivity contribution is 5.46. The van der Waals surface area contributed by atoms with Crippen molar-refractivity contribution >= 4 is 5.69 Å². The lowest BCUT2D eigenvalue weighted by atomic mass is 9.63. The van der Waals surface area contributed by atoms with Gasteiger partial charge in [0.15, 0.2) is 0 Å². The maximum Gasteiger partial charge on any atom is 0.0551 e. The maximum atomic E-state index is 10.3. The van der Waals surface area contributed by atoms with Crippen molar-refractivity contribution in [2.24, 2.45) is 10.8 Å². The molecule has 118 valence electrons. The summed E-state index contributed by atoms with van der Waals surface area (Å²) in [5, 5.41) is 10.3. The summed E-state index contributed by atoms with van der Waals surface area (Å²) in [6.45, 7) is 11.3. The van der Waals surface area contributed by atoms with Gasteiger partial charge in [-0.1, -0.05) is 45.9 Å². The predicted octanol–water partition coefficient (Wildman–Crippen LogP) is 4.48. The number of nitrogens with zero attached hydrogens (tertiary/aromatic N) is 1. The molecular formula is C19H31NO. The lowest BCUT2D eigenvalue weighted by Crippen LogP contribution is -2.45. The maximum absolute atomic E-state index is 10.3. The van der Waals surface area contributed by atoms with Crippen LogP contribution >= 0.6 is 0 Å². The molecule has 2 heteroatoms. The molecule has 2 rings (SSSR count). The van der Waals surface area contributed by atoms with Gasteiger partial charge in [-0.25, -0.2) is 0 Å². The lowest BCUT2D eigenvalue weighted by Gasteiger charge is -2.47. The Morgan fingerprint density at radius 1 is 1.14 bits per heavy atom. The van der Waals surface area contributed by atoms with E-state index >= 15 is 0 Å². The summed E-state index contributed by atoms with van der Waals surface area (Å²) in [7, 11) is 0. The SMILES string of the molecule is CCCN(CC1(C)CC(O)CC(C)(C)C1)c1ccccc1. The molecule has 1 N–H and O–H groups in total. The Hall–Kier alpha value is -1.02. The van der Waals surface area contributed by atoms with Crippen molar-refractivity contribution in [3.05, 3.63) is 30.3 Å². The largest absolute Gasteiger partial charge is 0.393 e. The number of benzene rings is 1. The molecule has 1 aliphatic rings. The number of aliphatic hydroxyl groups excluding tert-OH is 1. The van der Waals surface area contributed by atoms with E-state index in [9.17, 15) is 5.11 Å². The van der Waals surface area contributed by atoms with Gasteiger partial charge in [0.25, 0.3) is 0 Å². The minimum absolute atomic E-state index is 0.155. The van der Waals surface area contributed by atoms with Crippen molar-refractivity contribution < 1.29 is 5.11 Å². The van der Waals surface area contributed by atoms with Crippen LogP contribution in [0, 0.1) is 10.8 Å². The van der Waals surface area contributed by atoms with E-state index < -0.39 is 0 Å². The number of rotatable bonds is 5. The summed E-state index contributed by atoms with van der Waals surface area (Å²) in [6, 6.07) is 10.7. The summed E-state index contributed by atoms with van der Waals surface area (Å²) in [5.41, 5.74) is 1.73. The van der Waals surface area contributed by atoms with Crippen molar-refractivity contribution in [3.8, 4) is 0 Å². The van der Waals surface area contributed by atoms with Crippen LogP contribution in [0.1, 0.15) is 53.4 Å². The number of anilines is 1. The smallest absolute Gasteiger partial charge is 0.0551 e. The molecule has 0 spiro atoms. The standard InChI is InChI=1S/C19H31NO/c1-5-11-20(16-9-7-6-8-10-16)15-19(4)13-17(21)12-18(2,3)14-19/h6-10,17,21H,5,11-15H2,1-4H3. The van der Waals surface area contributed by atoms with Gasteiger partial charge in [0.05, 0.1) is 6.10 Å². The fourth-order valence-corrected chi connectivity index (χ4v) is 4.37. The fourth-order valence-electron chi connectivity index (χ4n) is 4.37. The van der Waals surface area contributed by atoms with Gasteiger partial charge in [0.1, 0.15) is 0 Å². The van der Waals surface area contributed by atoms with Crippen molar-refractivity contribution in [1.82, 2.24) is 0 Å². The molecule has 1 aliphatic carbocycles. The van der Waals surface area contributed by atoms with Crippen LogP contribution in [0.4, 0.5) is 5.69 Å². The summed E-state index contributed by atoms with van der Waals surface area (Å²) >= 11 is 0. The normalized spacial score (nSPS) is 28.3. The third-order valence-corrected chi connectivity index (χ3v) is 4.61. The van der Waals surface area contributed by atoms with E-state index in [1.54, 1.807) is 0 Å². The Labute approximate surface area is 130 Å². The first-order valence-corrected chi connectivity index (χ1v) is 8.32. The van der Waals surface area contributed by atoms with E-state index in [0.717, 1.165) is 32.4 Å². The molecule has 2 unspecified atom stereocenters. The molecule has 1 saturated carbocycles. The number of aliphatic hydroxyl groups is 1. The van der Waals surface area contributed by atoms with Gasteiger partial charge in [0.2, 0.25) is 0 Å². The molecule has 0 aliphatic heterocycles. The van der Waals surface area contributed by atoms with E-state index in [1.165, 1.54) is 12.1 Å². The van der Waals surface area contributed by atoms with Gasteiger partial charge >= 0.3 is 0 Å². The van der Waals surface area contributed by atoms with Crippen molar-refractivity contribution in [1.29, 1.82) is 0 Å². The van der Waals surface area contributed by atoms with Gasteiger partial charge in [-0.15, -0.1) is 0 Å². The Bertz CT molecular complexity index is 442. The molecule has 1 fully saturated rings. The summed E-state index contributed by atoms with van der Waals surface area (Å²) in [6.07, 6.45) is 4.03. The van der Waals surface area contributed by atoms with Gasteiger partial charge in [-0.3, -0.25) is 0 Å². The molecule has 0 aromatic heterocycles. The molecule has 2 nitrogen and oxygen atoms in total. The van der Waals surface area contributed by atoms with Crippen LogP contribution in [0.3, 0.4) is 0 Å². The third kappa shape index (κ3) is 4.47. The average Bonchev–Trinajstić information content (AvgIpc) is 2.36. The zero-order chi connectivity index (χ0) is 15.5. The minimum Gasteiger partial charge on any atom is -0.393 e. The van der Waals surface area contributed by atoms with Crippen LogP contribution in [-0.4, -0.2) is 24.3 Å². The highest BCUT2D eigenvalue weighted by atomic mass is 16.3. The van der Waals surface area contributed by atoms with Crippen molar-refractivity contribution in [3.63, 3.8) is 0 Å². The van der Waals surface area contributed by atoms with Gasteiger partial charge in [-0.05, 0) is 48.6 Å². The van der Waals surface area contributed by atoms with E-state index in [-0.39, 0.29) is 16.9 Å². The molecule has 2 atom stereocenters. The fraction of sp³-hybridized carbons (Fsp3) is 0.684. The number of para-hydroxylation sites is 1. The van der Waals surface area contributed by atoms with Crippen LogP contribution in [-0.2, 0) is 0 Å². The van der Waals surface area contributed by atoms with Gasteiger partial charge in [0, 0.05) is 18.8 Å². The van der Waals surface area contributed by atoms with E-state index in [1.807, 2.05) is 0 Å².